The molecule has 84 valence electrons. The van der Waals surface area contributed by atoms with E-state index >= 15 is 0 Å². The standard InChI is InChI=1S/C9H7F2N3OS/c1-4-13-9(16-14-4)15-8-3-5(10)7(12)2-6(8)11/h2-3H,12H2,1H3. The Morgan fingerprint density at radius 2 is 2.06 bits per heavy atom. The molecule has 0 aliphatic rings. The predicted octanol–water partition coefficient (Wildman–Crippen LogP) is 2.50. The molecule has 0 aliphatic carbocycles. The number of aryl methyl sites for hydroxylation is 1. The van der Waals surface area contributed by atoms with Gasteiger partial charge in [0.15, 0.2) is 11.6 Å². The topological polar surface area (TPSA) is 61.0 Å². The van der Waals surface area contributed by atoms with Gasteiger partial charge in [0.1, 0.15) is 11.6 Å². The molecule has 0 unspecified atom stereocenters. The van der Waals surface area contributed by atoms with Gasteiger partial charge in [-0.15, -0.1) is 0 Å². The van der Waals surface area contributed by atoms with Crippen LogP contribution in [0.4, 0.5) is 14.5 Å². The molecule has 2 rings (SSSR count). The summed E-state index contributed by atoms with van der Waals surface area (Å²) in [5.74, 6) is -1.23. The van der Waals surface area contributed by atoms with Crippen molar-refractivity contribution in [2.75, 3.05) is 5.73 Å². The van der Waals surface area contributed by atoms with Crippen LogP contribution in [0.5, 0.6) is 10.9 Å². The molecule has 0 fully saturated rings. The van der Waals surface area contributed by atoms with Crippen LogP contribution in [-0.2, 0) is 0 Å². The molecule has 0 saturated carbocycles. The number of hydrogen-bond acceptors (Lipinski definition) is 5. The quantitative estimate of drug-likeness (QED) is 0.823. The summed E-state index contributed by atoms with van der Waals surface area (Å²) in [4.78, 5) is 3.86. The van der Waals surface area contributed by atoms with Gasteiger partial charge in [0.05, 0.1) is 5.69 Å². The minimum absolute atomic E-state index is 0.153. The van der Waals surface area contributed by atoms with Crippen molar-refractivity contribution < 1.29 is 13.5 Å². The molecule has 0 radical (unpaired) electrons. The van der Waals surface area contributed by atoms with Gasteiger partial charge in [0.25, 0.3) is 5.19 Å². The summed E-state index contributed by atoms with van der Waals surface area (Å²) in [7, 11) is 0. The van der Waals surface area contributed by atoms with Gasteiger partial charge in [-0.2, -0.15) is 9.36 Å². The van der Waals surface area contributed by atoms with Crippen molar-refractivity contribution in [2.24, 2.45) is 0 Å². The van der Waals surface area contributed by atoms with Gasteiger partial charge in [-0.1, -0.05) is 0 Å². The number of anilines is 1. The van der Waals surface area contributed by atoms with Crippen molar-refractivity contribution >= 4 is 17.2 Å². The largest absolute Gasteiger partial charge is 0.427 e. The van der Waals surface area contributed by atoms with Gasteiger partial charge in [-0.05, 0) is 6.92 Å². The minimum Gasteiger partial charge on any atom is -0.427 e. The highest BCUT2D eigenvalue weighted by Crippen LogP contribution is 2.28. The Balaban J connectivity index is 2.31. The van der Waals surface area contributed by atoms with Crippen LogP contribution in [0.25, 0.3) is 0 Å². The predicted molar refractivity (Wildman–Crippen MR) is 55.5 cm³/mol. The molecule has 1 aromatic heterocycles. The van der Waals surface area contributed by atoms with E-state index in [1.54, 1.807) is 6.92 Å². The second-order valence-corrected chi connectivity index (χ2v) is 3.73. The van der Waals surface area contributed by atoms with Crippen LogP contribution < -0.4 is 10.5 Å². The molecular formula is C9H7F2N3OS. The van der Waals surface area contributed by atoms with Gasteiger partial charge in [0, 0.05) is 23.7 Å². The molecule has 2 aromatic rings. The van der Waals surface area contributed by atoms with E-state index in [1.807, 2.05) is 0 Å². The highest BCUT2D eigenvalue weighted by Gasteiger charge is 2.11. The number of nitrogens with zero attached hydrogens (tertiary/aromatic N) is 2. The summed E-state index contributed by atoms with van der Waals surface area (Å²) in [5.41, 5.74) is 4.93. The fourth-order valence-corrected chi connectivity index (χ4v) is 1.59. The van der Waals surface area contributed by atoms with E-state index in [2.05, 4.69) is 9.36 Å². The molecule has 16 heavy (non-hydrogen) atoms. The lowest BCUT2D eigenvalue weighted by atomic mass is 10.3. The van der Waals surface area contributed by atoms with Crippen LogP contribution in [0.3, 0.4) is 0 Å². The molecule has 7 heteroatoms. The fraction of sp³-hybridized carbons (Fsp3) is 0.111. The van der Waals surface area contributed by atoms with E-state index in [4.69, 9.17) is 10.5 Å². The van der Waals surface area contributed by atoms with Crippen LogP contribution >= 0.6 is 11.5 Å². The summed E-state index contributed by atoms with van der Waals surface area (Å²) in [6, 6.07) is 1.74. The summed E-state index contributed by atoms with van der Waals surface area (Å²) in [6.07, 6.45) is 0. The molecule has 0 bridgehead atoms. The average Bonchev–Trinajstić information content (AvgIpc) is 2.60. The lowest BCUT2D eigenvalue weighted by Gasteiger charge is -2.04. The van der Waals surface area contributed by atoms with E-state index in [1.165, 1.54) is 0 Å². The number of benzene rings is 1. The maximum atomic E-state index is 13.3. The number of halogens is 2. The molecule has 0 aliphatic heterocycles. The third-order valence-corrected chi connectivity index (χ3v) is 2.44. The molecule has 0 spiro atoms. The highest BCUT2D eigenvalue weighted by atomic mass is 32.1. The van der Waals surface area contributed by atoms with Crippen LogP contribution in [-0.4, -0.2) is 9.36 Å². The minimum atomic E-state index is -0.744. The van der Waals surface area contributed by atoms with E-state index in [-0.39, 0.29) is 16.6 Å². The van der Waals surface area contributed by atoms with Crippen LogP contribution in [0.2, 0.25) is 0 Å². The maximum Gasteiger partial charge on any atom is 0.298 e. The van der Waals surface area contributed by atoms with Gasteiger partial charge in [-0.25, -0.2) is 8.78 Å². The first-order valence-corrected chi connectivity index (χ1v) is 5.06. The van der Waals surface area contributed by atoms with Gasteiger partial charge >= 0.3 is 0 Å². The third kappa shape index (κ3) is 2.08. The number of hydrogen-bond donors (Lipinski definition) is 1. The molecule has 1 aromatic carbocycles. The first-order valence-electron chi connectivity index (χ1n) is 4.29. The normalized spacial score (nSPS) is 10.4. The third-order valence-electron chi connectivity index (χ3n) is 1.76. The Labute approximate surface area is 93.9 Å². The summed E-state index contributed by atoms with van der Waals surface area (Å²) in [6.45, 7) is 1.67. The Kier molecular flexibility index (Phi) is 2.69. The van der Waals surface area contributed by atoms with Crippen LogP contribution in [0.15, 0.2) is 12.1 Å². The monoisotopic (exact) mass is 243 g/mol. The Hall–Kier alpha value is -1.76. The smallest absolute Gasteiger partial charge is 0.298 e. The molecule has 0 saturated heterocycles. The van der Waals surface area contributed by atoms with Gasteiger partial charge < -0.3 is 10.5 Å². The first-order chi connectivity index (χ1) is 7.56. The zero-order chi connectivity index (χ0) is 11.7. The second kappa shape index (κ2) is 4.01. The van der Waals surface area contributed by atoms with Crippen molar-refractivity contribution in [2.45, 2.75) is 6.92 Å². The van der Waals surface area contributed by atoms with Crippen molar-refractivity contribution in [3.8, 4) is 10.9 Å². The number of nitrogens with two attached hydrogens (primary N) is 1. The van der Waals surface area contributed by atoms with Crippen molar-refractivity contribution in [1.29, 1.82) is 0 Å². The van der Waals surface area contributed by atoms with E-state index in [0.717, 1.165) is 23.7 Å². The molecule has 1 heterocycles. The van der Waals surface area contributed by atoms with Crippen molar-refractivity contribution in [3.63, 3.8) is 0 Å². The first kappa shape index (κ1) is 10.7. The number of ether oxygens (including phenoxy) is 1. The molecule has 4 nitrogen and oxygen atoms in total. The summed E-state index contributed by atoms with van der Waals surface area (Å²) in [5, 5.41) is 0.153. The molecule has 0 amide bonds. The Bertz CT molecular complexity index is 529. The number of aromatic nitrogens is 2. The summed E-state index contributed by atoms with van der Waals surface area (Å²) < 4.78 is 35.3. The SMILES string of the molecule is Cc1nsc(Oc2cc(F)c(N)cc2F)n1. The maximum absolute atomic E-state index is 13.3. The number of nitrogen functional groups attached to an aromatic ring is 1. The van der Waals surface area contributed by atoms with E-state index < -0.39 is 11.6 Å². The van der Waals surface area contributed by atoms with E-state index in [9.17, 15) is 8.78 Å². The zero-order valence-corrected chi connectivity index (χ0v) is 9.02. The fourth-order valence-electron chi connectivity index (χ4n) is 1.04. The van der Waals surface area contributed by atoms with Crippen molar-refractivity contribution in [3.05, 3.63) is 29.6 Å². The van der Waals surface area contributed by atoms with Gasteiger partial charge in [0.2, 0.25) is 0 Å². The molecule has 2 N–H and O–H groups in total. The van der Waals surface area contributed by atoms with Crippen molar-refractivity contribution in [1.82, 2.24) is 9.36 Å². The van der Waals surface area contributed by atoms with Crippen LogP contribution in [0, 0.1) is 18.6 Å². The Morgan fingerprint density at radius 1 is 1.31 bits per heavy atom. The molecule has 0 atom stereocenters. The lowest BCUT2D eigenvalue weighted by Crippen LogP contribution is -1.95. The highest BCUT2D eigenvalue weighted by molar-refractivity contribution is 7.07. The zero-order valence-electron chi connectivity index (χ0n) is 8.20. The van der Waals surface area contributed by atoms with Crippen LogP contribution in [0.1, 0.15) is 5.82 Å². The number of rotatable bonds is 2. The average molecular weight is 243 g/mol. The lowest BCUT2D eigenvalue weighted by molar-refractivity contribution is 0.434. The second-order valence-electron chi connectivity index (χ2n) is 3.01. The molecular weight excluding hydrogens is 236 g/mol. The van der Waals surface area contributed by atoms with Gasteiger partial charge in [-0.3, -0.25) is 0 Å². The Morgan fingerprint density at radius 3 is 2.69 bits per heavy atom. The summed E-state index contributed by atoms with van der Waals surface area (Å²) >= 11 is 0.959. The van der Waals surface area contributed by atoms with E-state index in [0.29, 0.717) is 5.82 Å².